The maximum absolute atomic E-state index is 11.6. The van der Waals surface area contributed by atoms with Crippen LogP contribution >= 0.6 is 0 Å². The van der Waals surface area contributed by atoms with Crippen LogP contribution in [0.1, 0.15) is 25.5 Å². The molecule has 112 valence electrons. The lowest BCUT2D eigenvalue weighted by atomic mass is 10.1. The smallest absolute Gasteiger partial charge is 0.246 e. The third-order valence-electron chi connectivity index (χ3n) is 3.17. The Morgan fingerprint density at radius 1 is 1.00 bits per heavy atom. The average molecular weight is 293 g/mol. The van der Waals surface area contributed by atoms with E-state index in [1.54, 1.807) is 6.92 Å². The van der Waals surface area contributed by atoms with Crippen molar-refractivity contribution >= 4 is 17.3 Å². The van der Waals surface area contributed by atoms with Crippen molar-refractivity contribution in [2.45, 2.75) is 19.9 Å². The topological polar surface area (TPSA) is 53.8 Å². The van der Waals surface area contributed by atoms with Gasteiger partial charge in [0.2, 0.25) is 5.91 Å². The molecular weight excluding hydrogens is 274 g/mol. The van der Waals surface area contributed by atoms with Crippen molar-refractivity contribution in [3.63, 3.8) is 0 Å². The third-order valence-corrected chi connectivity index (χ3v) is 3.17. The zero-order chi connectivity index (χ0) is 15.9. The second-order valence-corrected chi connectivity index (χ2v) is 5.10. The Labute approximate surface area is 130 Å². The Morgan fingerprint density at radius 3 is 2.09 bits per heavy atom. The monoisotopic (exact) mass is 293 g/mol. The number of carbonyl (C=O) groups is 1. The van der Waals surface area contributed by atoms with E-state index in [0.717, 1.165) is 16.9 Å². The van der Waals surface area contributed by atoms with Crippen LogP contribution in [0.25, 0.3) is 0 Å². The maximum Gasteiger partial charge on any atom is 0.246 e. The molecule has 0 aliphatic carbocycles. The van der Waals surface area contributed by atoms with E-state index in [4.69, 9.17) is 0 Å². The summed E-state index contributed by atoms with van der Waals surface area (Å²) in [4.78, 5) is 11.6. The van der Waals surface area contributed by atoms with Crippen LogP contribution in [-0.2, 0) is 4.79 Å². The second-order valence-electron chi connectivity index (χ2n) is 5.10. The van der Waals surface area contributed by atoms with E-state index < -0.39 is 0 Å². The summed E-state index contributed by atoms with van der Waals surface area (Å²) in [7, 11) is 0. The number of hydrogen-bond acceptors (Lipinski definition) is 3. The Bertz CT molecular complexity index is 675. The fourth-order valence-corrected chi connectivity index (χ4v) is 1.84. The molecule has 4 nitrogen and oxygen atoms in total. The second kappa shape index (κ2) is 7.31. The maximum atomic E-state index is 11.6. The minimum atomic E-state index is -0.139. The first-order valence-electron chi connectivity index (χ1n) is 7.09. The predicted molar refractivity (Wildman–Crippen MR) is 88.4 cm³/mol. The molecule has 1 N–H and O–H groups in total. The summed E-state index contributed by atoms with van der Waals surface area (Å²) < 4.78 is 0. The Hall–Kier alpha value is -2.75. The van der Waals surface area contributed by atoms with Gasteiger partial charge < -0.3 is 5.32 Å². The fourth-order valence-electron chi connectivity index (χ4n) is 1.84. The molecule has 0 heterocycles. The van der Waals surface area contributed by atoms with Crippen LogP contribution in [0.2, 0.25) is 0 Å². The van der Waals surface area contributed by atoms with Crippen LogP contribution < -0.4 is 5.32 Å². The van der Waals surface area contributed by atoms with Crippen molar-refractivity contribution in [1.29, 1.82) is 0 Å². The van der Waals surface area contributed by atoms with Gasteiger partial charge in [-0.2, -0.15) is 10.2 Å². The highest BCUT2D eigenvalue weighted by Crippen LogP contribution is 2.21. The van der Waals surface area contributed by atoms with Crippen LogP contribution in [-0.4, -0.2) is 5.91 Å². The van der Waals surface area contributed by atoms with E-state index in [1.165, 1.54) is 0 Å². The summed E-state index contributed by atoms with van der Waals surface area (Å²) in [6.07, 6.45) is 0. The molecule has 1 unspecified atom stereocenters. The lowest BCUT2D eigenvalue weighted by Crippen LogP contribution is -2.26. The zero-order valence-electron chi connectivity index (χ0n) is 12.8. The van der Waals surface area contributed by atoms with Gasteiger partial charge in [0.25, 0.3) is 0 Å². The van der Waals surface area contributed by atoms with Gasteiger partial charge in [-0.25, -0.2) is 0 Å². The summed E-state index contributed by atoms with van der Waals surface area (Å²) in [5, 5.41) is 11.2. The first kappa shape index (κ1) is 15.6. The summed E-state index contributed by atoms with van der Waals surface area (Å²) in [5.74, 6) is -0.139. The van der Waals surface area contributed by atoms with Gasteiger partial charge in [0.1, 0.15) is 0 Å². The van der Waals surface area contributed by atoms with Gasteiger partial charge in [-0.3, -0.25) is 4.79 Å². The Kier molecular flexibility index (Phi) is 5.20. The van der Waals surface area contributed by atoms with Gasteiger partial charge in [-0.1, -0.05) is 36.9 Å². The van der Waals surface area contributed by atoms with Crippen LogP contribution in [0.4, 0.5) is 11.4 Å². The van der Waals surface area contributed by atoms with Gasteiger partial charge in [0.05, 0.1) is 17.4 Å². The lowest BCUT2D eigenvalue weighted by molar-refractivity contribution is -0.118. The summed E-state index contributed by atoms with van der Waals surface area (Å²) >= 11 is 0. The highest BCUT2D eigenvalue weighted by molar-refractivity contribution is 5.92. The minimum absolute atomic E-state index is 0.0793. The molecule has 0 radical (unpaired) electrons. The van der Waals surface area contributed by atoms with Crippen molar-refractivity contribution in [3.05, 3.63) is 72.3 Å². The van der Waals surface area contributed by atoms with E-state index in [0.29, 0.717) is 5.57 Å². The van der Waals surface area contributed by atoms with Crippen LogP contribution in [0.15, 0.2) is 77.0 Å². The van der Waals surface area contributed by atoms with E-state index in [9.17, 15) is 4.79 Å². The summed E-state index contributed by atoms with van der Waals surface area (Å²) in [6, 6.07) is 17.1. The largest absolute Gasteiger partial charge is 0.346 e. The number of carbonyl (C=O) groups excluding carboxylic acids is 1. The third kappa shape index (κ3) is 4.38. The molecule has 4 heteroatoms. The minimum Gasteiger partial charge on any atom is -0.346 e. The molecule has 0 aliphatic rings. The molecule has 0 aromatic heterocycles. The number of nitrogens with one attached hydrogen (secondary N) is 1. The standard InChI is InChI=1S/C18H19N3O/c1-13(2)18(22)19-14(3)15-9-11-17(12-10-15)21-20-16-7-5-4-6-8-16/h4-12,14H,1H2,2-3H3,(H,19,22). The molecule has 1 amide bonds. The predicted octanol–water partition coefficient (Wildman–Crippen LogP) is 4.86. The fraction of sp³-hybridized carbons (Fsp3) is 0.167. The molecule has 0 saturated heterocycles. The molecule has 2 rings (SSSR count). The summed E-state index contributed by atoms with van der Waals surface area (Å²) in [5.41, 5.74) is 3.09. The molecule has 2 aromatic rings. The molecular formula is C18H19N3O. The van der Waals surface area contributed by atoms with Gasteiger partial charge in [0, 0.05) is 5.57 Å². The lowest BCUT2D eigenvalue weighted by Gasteiger charge is -2.14. The molecule has 0 aliphatic heterocycles. The number of hydrogen-bond donors (Lipinski definition) is 1. The van der Waals surface area contributed by atoms with Gasteiger partial charge in [-0.15, -0.1) is 0 Å². The van der Waals surface area contributed by atoms with Crippen molar-refractivity contribution in [2.24, 2.45) is 10.2 Å². The highest BCUT2D eigenvalue weighted by atomic mass is 16.1. The number of benzene rings is 2. The SMILES string of the molecule is C=C(C)C(=O)NC(C)c1ccc(N=Nc2ccccc2)cc1. The highest BCUT2D eigenvalue weighted by Gasteiger charge is 2.09. The molecule has 0 bridgehead atoms. The Morgan fingerprint density at radius 2 is 1.55 bits per heavy atom. The van der Waals surface area contributed by atoms with E-state index in [-0.39, 0.29) is 11.9 Å². The average Bonchev–Trinajstić information content (AvgIpc) is 2.54. The number of amides is 1. The molecule has 22 heavy (non-hydrogen) atoms. The van der Waals surface area contributed by atoms with Crippen molar-refractivity contribution in [1.82, 2.24) is 5.32 Å². The van der Waals surface area contributed by atoms with E-state index >= 15 is 0 Å². The number of nitrogens with zero attached hydrogens (tertiary/aromatic N) is 2. The van der Waals surface area contributed by atoms with Crippen molar-refractivity contribution in [3.8, 4) is 0 Å². The normalized spacial score (nSPS) is 12.1. The quantitative estimate of drug-likeness (QED) is 0.621. The van der Waals surface area contributed by atoms with Crippen LogP contribution in [0.3, 0.4) is 0 Å². The van der Waals surface area contributed by atoms with E-state index in [1.807, 2.05) is 61.5 Å². The van der Waals surface area contributed by atoms with Crippen LogP contribution in [0, 0.1) is 0 Å². The van der Waals surface area contributed by atoms with Gasteiger partial charge in [-0.05, 0) is 43.7 Å². The Balaban J connectivity index is 2.02. The molecule has 0 spiro atoms. The van der Waals surface area contributed by atoms with E-state index in [2.05, 4.69) is 22.1 Å². The van der Waals surface area contributed by atoms with Crippen molar-refractivity contribution in [2.75, 3.05) is 0 Å². The molecule has 2 aromatic carbocycles. The van der Waals surface area contributed by atoms with Gasteiger partial charge >= 0.3 is 0 Å². The number of rotatable bonds is 5. The van der Waals surface area contributed by atoms with Crippen LogP contribution in [0.5, 0.6) is 0 Å². The first-order chi connectivity index (χ1) is 10.6. The van der Waals surface area contributed by atoms with Gasteiger partial charge in [0.15, 0.2) is 0 Å². The first-order valence-corrected chi connectivity index (χ1v) is 7.09. The number of azo groups is 1. The molecule has 1 atom stereocenters. The zero-order valence-corrected chi connectivity index (χ0v) is 12.8. The molecule has 0 saturated carbocycles. The molecule has 0 fully saturated rings. The summed E-state index contributed by atoms with van der Waals surface area (Å²) in [6.45, 7) is 7.25. The van der Waals surface area contributed by atoms with Crippen molar-refractivity contribution < 1.29 is 4.79 Å².